The maximum Gasteiger partial charge on any atom is 0.329 e. The van der Waals surface area contributed by atoms with Crippen LogP contribution in [0, 0.1) is 13.8 Å². The Hall–Kier alpha value is -3.68. The lowest BCUT2D eigenvalue weighted by atomic mass is 10.2. The molecule has 0 radical (unpaired) electrons. The first-order valence-electron chi connectivity index (χ1n) is 8.90. The van der Waals surface area contributed by atoms with Gasteiger partial charge in [-0.2, -0.15) is 10.1 Å². The molecule has 142 valence electrons. The standard InChI is InChI=1S/C20H20N6O2/c1-13-12-14(2)26(23-13)19-21-17-16(18(27)22-20(28)24(17)3)25(19)11-7-10-15-8-5-4-6-9-15/h4-10,12H,11H2,1-3H3,(H,22,27,28). The van der Waals surface area contributed by atoms with E-state index in [0.29, 0.717) is 23.7 Å². The molecule has 0 amide bonds. The lowest BCUT2D eigenvalue weighted by Crippen LogP contribution is -2.29. The minimum absolute atomic E-state index is 0.324. The van der Waals surface area contributed by atoms with Crippen molar-refractivity contribution in [1.29, 1.82) is 0 Å². The summed E-state index contributed by atoms with van der Waals surface area (Å²) in [5, 5.41) is 4.49. The van der Waals surface area contributed by atoms with Crippen molar-refractivity contribution in [1.82, 2.24) is 28.9 Å². The van der Waals surface area contributed by atoms with Gasteiger partial charge in [0.25, 0.3) is 5.56 Å². The van der Waals surface area contributed by atoms with Crippen molar-refractivity contribution >= 4 is 17.2 Å². The van der Waals surface area contributed by atoms with Crippen LogP contribution in [-0.2, 0) is 13.6 Å². The van der Waals surface area contributed by atoms with Crippen molar-refractivity contribution in [2.45, 2.75) is 20.4 Å². The number of aryl methyl sites for hydroxylation is 3. The number of nitrogens with one attached hydrogen (secondary N) is 1. The first kappa shape index (κ1) is 17.7. The Morgan fingerprint density at radius 3 is 2.57 bits per heavy atom. The van der Waals surface area contributed by atoms with E-state index >= 15 is 0 Å². The van der Waals surface area contributed by atoms with E-state index in [1.165, 1.54) is 4.57 Å². The number of allylic oxidation sites excluding steroid dienone is 1. The highest BCUT2D eigenvalue weighted by molar-refractivity contribution is 5.72. The molecule has 4 aromatic rings. The SMILES string of the molecule is Cc1cc(C)n(-c2nc3c(c(=O)[nH]c(=O)n3C)n2CC=Cc2ccccc2)n1. The highest BCUT2D eigenvalue weighted by Crippen LogP contribution is 2.17. The van der Waals surface area contributed by atoms with Crippen molar-refractivity contribution in [3.8, 4) is 5.95 Å². The second-order valence-electron chi connectivity index (χ2n) is 6.66. The number of imidazole rings is 1. The lowest BCUT2D eigenvalue weighted by molar-refractivity contribution is 0.709. The average Bonchev–Trinajstić information content (AvgIpc) is 3.20. The van der Waals surface area contributed by atoms with Gasteiger partial charge in [0.15, 0.2) is 11.2 Å². The van der Waals surface area contributed by atoms with Crippen molar-refractivity contribution in [2.75, 3.05) is 0 Å². The zero-order chi connectivity index (χ0) is 19.8. The minimum atomic E-state index is -0.498. The smallest absolute Gasteiger partial charge is 0.299 e. The van der Waals surface area contributed by atoms with Crippen LogP contribution in [0.15, 0.2) is 52.1 Å². The third-order valence-electron chi connectivity index (χ3n) is 4.58. The summed E-state index contributed by atoms with van der Waals surface area (Å²) in [6, 6.07) is 11.8. The van der Waals surface area contributed by atoms with Gasteiger partial charge in [-0.15, -0.1) is 0 Å². The molecule has 28 heavy (non-hydrogen) atoms. The van der Waals surface area contributed by atoms with E-state index in [1.807, 2.05) is 62.4 Å². The fourth-order valence-electron chi connectivity index (χ4n) is 3.25. The summed E-state index contributed by atoms with van der Waals surface area (Å²) >= 11 is 0. The van der Waals surface area contributed by atoms with E-state index < -0.39 is 11.2 Å². The first-order valence-corrected chi connectivity index (χ1v) is 8.90. The largest absolute Gasteiger partial charge is 0.329 e. The van der Waals surface area contributed by atoms with E-state index in [9.17, 15) is 9.59 Å². The summed E-state index contributed by atoms with van der Waals surface area (Å²) in [5.74, 6) is 0.491. The van der Waals surface area contributed by atoms with Gasteiger partial charge >= 0.3 is 5.69 Å². The van der Waals surface area contributed by atoms with Crippen LogP contribution in [0.4, 0.5) is 0 Å². The van der Waals surface area contributed by atoms with E-state index in [4.69, 9.17) is 0 Å². The Kier molecular flexibility index (Phi) is 4.31. The molecule has 3 aromatic heterocycles. The molecule has 1 aromatic carbocycles. The summed E-state index contributed by atoms with van der Waals surface area (Å²) in [4.78, 5) is 31.5. The lowest BCUT2D eigenvalue weighted by Gasteiger charge is -2.07. The number of fused-ring (bicyclic) bond motifs is 1. The van der Waals surface area contributed by atoms with Gasteiger partial charge in [-0.3, -0.25) is 18.9 Å². The summed E-state index contributed by atoms with van der Waals surface area (Å²) in [5.41, 5.74) is 2.49. The van der Waals surface area contributed by atoms with E-state index in [0.717, 1.165) is 17.0 Å². The normalized spacial score (nSPS) is 11.7. The summed E-state index contributed by atoms with van der Waals surface area (Å²) in [6.07, 6.45) is 3.93. The quantitative estimate of drug-likeness (QED) is 0.589. The van der Waals surface area contributed by atoms with Gasteiger partial charge in [-0.05, 0) is 25.5 Å². The molecule has 0 aliphatic rings. The number of aromatic nitrogens is 6. The van der Waals surface area contributed by atoms with Gasteiger partial charge in [0, 0.05) is 19.3 Å². The van der Waals surface area contributed by atoms with Crippen LogP contribution in [0.5, 0.6) is 0 Å². The average molecular weight is 376 g/mol. The third kappa shape index (κ3) is 2.98. The molecule has 3 heterocycles. The molecule has 0 saturated carbocycles. The molecule has 0 unspecified atom stereocenters. The zero-order valence-corrected chi connectivity index (χ0v) is 15.9. The van der Waals surface area contributed by atoms with E-state index in [2.05, 4.69) is 15.1 Å². The minimum Gasteiger partial charge on any atom is -0.299 e. The molecule has 8 nitrogen and oxygen atoms in total. The van der Waals surface area contributed by atoms with Gasteiger partial charge in [0.1, 0.15) is 0 Å². The summed E-state index contributed by atoms with van der Waals surface area (Å²) in [7, 11) is 1.59. The number of nitrogens with zero attached hydrogens (tertiary/aromatic N) is 5. The van der Waals surface area contributed by atoms with Crippen molar-refractivity contribution < 1.29 is 0 Å². The molecule has 0 spiro atoms. The molecular weight excluding hydrogens is 356 g/mol. The predicted molar refractivity (Wildman–Crippen MR) is 108 cm³/mol. The molecule has 0 aliphatic carbocycles. The van der Waals surface area contributed by atoms with Crippen LogP contribution < -0.4 is 11.2 Å². The molecule has 0 atom stereocenters. The predicted octanol–water partition coefficient (Wildman–Crippen LogP) is 1.94. The summed E-state index contributed by atoms with van der Waals surface area (Å²) < 4.78 is 4.80. The second kappa shape index (κ2) is 6.80. The summed E-state index contributed by atoms with van der Waals surface area (Å²) in [6.45, 7) is 4.22. The number of benzene rings is 1. The van der Waals surface area contributed by atoms with Crippen molar-refractivity contribution in [3.63, 3.8) is 0 Å². The Balaban J connectivity index is 1.91. The highest BCUT2D eigenvalue weighted by atomic mass is 16.2. The number of hydrogen-bond acceptors (Lipinski definition) is 4. The van der Waals surface area contributed by atoms with Crippen LogP contribution in [-0.4, -0.2) is 28.9 Å². The van der Waals surface area contributed by atoms with Crippen molar-refractivity contribution in [3.05, 3.63) is 80.3 Å². The van der Waals surface area contributed by atoms with Gasteiger partial charge in [-0.1, -0.05) is 42.5 Å². The Labute approximate surface area is 160 Å². The molecule has 0 bridgehead atoms. The maximum atomic E-state index is 12.6. The number of hydrogen-bond donors (Lipinski definition) is 1. The van der Waals surface area contributed by atoms with Gasteiger partial charge in [0.2, 0.25) is 5.95 Å². The molecule has 0 aliphatic heterocycles. The molecule has 4 rings (SSSR count). The Morgan fingerprint density at radius 2 is 1.89 bits per heavy atom. The topological polar surface area (TPSA) is 90.5 Å². The van der Waals surface area contributed by atoms with Gasteiger partial charge in [0.05, 0.1) is 5.69 Å². The number of rotatable bonds is 4. The van der Waals surface area contributed by atoms with Crippen LogP contribution >= 0.6 is 0 Å². The van der Waals surface area contributed by atoms with Gasteiger partial charge in [-0.25, -0.2) is 9.48 Å². The molecule has 1 N–H and O–H groups in total. The number of H-pyrrole nitrogens is 1. The molecule has 0 saturated heterocycles. The van der Waals surface area contributed by atoms with Gasteiger partial charge < -0.3 is 0 Å². The molecule has 0 fully saturated rings. The van der Waals surface area contributed by atoms with Crippen LogP contribution in [0.2, 0.25) is 0 Å². The molecular formula is C20H20N6O2. The monoisotopic (exact) mass is 376 g/mol. The second-order valence-corrected chi connectivity index (χ2v) is 6.66. The van der Waals surface area contributed by atoms with E-state index in [1.54, 1.807) is 16.3 Å². The fraction of sp³-hybridized carbons (Fsp3) is 0.200. The van der Waals surface area contributed by atoms with E-state index in [-0.39, 0.29) is 0 Å². The Morgan fingerprint density at radius 1 is 1.14 bits per heavy atom. The Bertz CT molecular complexity index is 1300. The zero-order valence-electron chi connectivity index (χ0n) is 15.9. The fourth-order valence-corrected chi connectivity index (χ4v) is 3.25. The van der Waals surface area contributed by atoms with Crippen LogP contribution in [0.3, 0.4) is 0 Å². The van der Waals surface area contributed by atoms with Crippen molar-refractivity contribution in [2.24, 2.45) is 7.05 Å². The highest BCUT2D eigenvalue weighted by Gasteiger charge is 2.19. The maximum absolute atomic E-state index is 12.6. The van der Waals surface area contributed by atoms with Crippen LogP contribution in [0.1, 0.15) is 17.0 Å². The van der Waals surface area contributed by atoms with Crippen LogP contribution in [0.25, 0.3) is 23.2 Å². The number of aromatic amines is 1. The third-order valence-corrected chi connectivity index (χ3v) is 4.58. The first-order chi connectivity index (χ1) is 13.5. The molecule has 8 heteroatoms.